The van der Waals surface area contributed by atoms with Crippen LogP contribution in [0.4, 0.5) is 10.5 Å². The molecule has 0 aromatic heterocycles. The van der Waals surface area contributed by atoms with E-state index in [1.807, 2.05) is 25.1 Å². The SMILES string of the molecule is CC1CNC(=O)NC1S[C@@H](COCCOCCOCCN=[N+]=N)C(=O)NCc1ccc2c(c1)CC(=O)N2. The van der Waals surface area contributed by atoms with E-state index in [0.29, 0.717) is 59.1 Å². The Labute approximate surface area is 219 Å². The minimum absolute atomic E-state index is 0.0352. The number of thioether (sulfide) groups is 1. The van der Waals surface area contributed by atoms with E-state index >= 15 is 0 Å². The third-order valence-electron chi connectivity index (χ3n) is 5.66. The van der Waals surface area contributed by atoms with Crippen molar-refractivity contribution in [3.63, 3.8) is 0 Å². The summed E-state index contributed by atoms with van der Waals surface area (Å²) in [7, 11) is 0. The summed E-state index contributed by atoms with van der Waals surface area (Å²) in [5.74, 6) is -0.100. The summed E-state index contributed by atoms with van der Waals surface area (Å²) in [6.45, 7) is 5.16. The largest absolute Gasteiger partial charge is 0.377 e. The molecule has 3 atom stereocenters. The molecule has 1 aromatic rings. The molecule has 0 aliphatic carbocycles. The van der Waals surface area contributed by atoms with Crippen LogP contribution in [0.1, 0.15) is 18.1 Å². The summed E-state index contributed by atoms with van der Waals surface area (Å²) < 4.78 is 16.5. The number of carbonyl (C=O) groups is 3. The number of benzene rings is 1. The van der Waals surface area contributed by atoms with Gasteiger partial charge in [0.25, 0.3) is 0 Å². The van der Waals surface area contributed by atoms with Crippen LogP contribution in [0, 0.1) is 11.4 Å². The fraction of sp³-hybridized carbons (Fsp3) is 0.609. The van der Waals surface area contributed by atoms with E-state index in [4.69, 9.17) is 19.7 Å². The van der Waals surface area contributed by atoms with Gasteiger partial charge in [0.05, 0.1) is 51.4 Å². The number of urea groups is 1. The van der Waals surface area contributed by atoms with E-state index in [2.05, 4.69) is 31.3 Å². The summed E-state index contributed by atoms with van der Waals surface area (Å²) in [6, 6.07) is 5.38. The van der Waals surface area contributed by atoms with Gasteiger partial charge >= 0.3 is 6.03 Å². The van der Waals surface area contributed by atoms with Crippen molar-refractivity contribution in [3.05, 3.63) is 29.3 Å². The second kappa shape index (κ2) is 15.3. The minimum atomic E-state index is -0.543. The number of fused-ring (bicyclic) bond motifs is 1. The normalized spacial score (nSPS) is 19.2. The van der Waals surface area contributed by atoms with Crippen molar-refractivity contribution in [2.24, 2.45) is 11.0 Å². The molecule has 0 bridgehead atoms. The van der Waals surface area contributed by atoms with Gasteiger partial charge in [0.1, 0.15) is 22.4 Å². The lowest BCUT2D eigenvalue weighted by atomic mass is 10.1. The van der Waals surface area contributed by atoms with Crippen LogP contribution in [-0.2, 0) is 36.8 Å². The summed E-state index contributed by atoms with van der Waals surface area (Å²) in [5, 5.41) is 14.1. The molecule has 2 aliphatic heterocycles. The van der Waals surface area contributed by atoms with Gasteiger partial charge in [0.2, 0.25) is 16.7 Å². The molecule has 0 spiro atoms. The molecule has 0 radical (unpaired) electrons. The van der Waals surface area contributed by atoms with Crippen LogP contribution in [0.3, 0.4) is 0 Å². The fourth-order valence-corrected chi connectivity index (χ4v) is 4.96. The maximum atomic E-state index is 13.1. The monoisotopic (exact) mass is 536 g/mol. The Morgan fingerprint density at radius 2 is 1.97 bits per heavy atom. The zero-order valence-electron chi connectivity index (χ0n) is 20.8. The molecule has 2 heterocycles. The first kappa shape index (κ1) is 28.5. The fourth-order valence-electron chi connectivity index (χ4n) is 3.69. The van der Waals surface area contributed by atoms with E-state index < -0.39 is 5.25 Å². The second-order valence-corrected chi connectivity index (χ2v) is 9.92. The van der Waals surface area contributed by atoms with Crippen molar-refractivity contribution < 1.29 is 28.6 Å². The Bertz CT molecular complexity index is 990. The van der Waals surface area contributed by atoms with Gasteiger partial charge in [0.15, 0.2) is 0 Å². The van der Waals surface area contributed by atoms with Gasteiger partial charge in [-0.05, 0) is 17.2 Å². The number of ether oxygens (including phenoxy) is 3. The lowest BCUT2D eigenvalue weighted by molar-refractivity contribution is -0.122. The van der Waals surface area contributed by atoms with E-state index in [-0.39, 0.29) is 35.7 Å². The maximum Gasteiger partial charge on any atom is 0.315 e. The van der Waals surface area contributed by atoms with Crippen LogP contribution in [0.25, 0.3) is 0 Å². The highest BCUT2D eigenvalue weighted by Gasteiger charge is 2.31. The first-order valence-electron chi connectivity index (χ1n) is 12.1. The van der Waals surface area contributed by atoms with Gasteiger partial charge in [0, 0.05) is 24.7 Å². The Kier molecular flexibility index (Phi) is 11.8. The molecule has 1 fully saturated rings. The predicted octanol–water partition coefficient (Wildman–Crippen LogP) is 0.774. The number of anilines is 1. The third kappa shape index (κ3) is 9.74. The lowest BCUT2D eigenvalue weighted by Crippen LogP contribution is -2.54. The molecule has 4 amide bonds. The van der Waals surface area contributed by atoms with Crippen LogP contribution in [0.5, 0.6) is 0 Å². The Balaban J connectivity index is 1.44. The average Bonchev–Trinajstić information content (AvgIpc) is 3.26. The van der Waals surface area contributed by atoms with Crippen molar-refractivity contribution >= 4 is 35.3 Å². The number of hydrogen-bond acceptors (Lipinski definition) is 9. The number of hydrogen-bond donors (Lipinski definition) is 5. The molecular formula is C23H34N7O6S+. The maximum absolute atomic E-state index is 13.1. The van der Waals surface area contributed by atoms with E-state index in [1.165, 1.54) is 11.8 Å². The highest BCUT2D eigenvalue weighted by Crippen LogP contribution is 2.26. The van der Waals surface area contributed by atoms with Crippen LogP contribution in [-0.4, -0.2) is 81.2 Å². The number of amides is 4. The lowest BCUT2D eigenvalue weighted by Gasteiger charge is -2.32. The minimum Gasteiger partial charge on any atom is -0.377 e. The van der Waals surface area contributed by atoms with Gasteiger partial charge in [-0.15, -0.1) is 11.8 Å². The van der Waals surface area contributed by atoms with Crippen LogP contribution in [0.15, 0.2) is 23.3 Å². The van der Waals surface area contributed by atoms with Crippen molar-refractivity contribution in [1.29, 1.82) is 5.53 Å². The van der Waals surface area contributed by atoms with Gasteiger partial charge in [-0.2, -0.15) is 0 Å². The Morgan fingerprint density at radius 3 is 2.76 bits per heavy atom. The molecule has 202 valence electrons. The molecule has 1 saturated heterocycles. The van der Waals surface area contributed by atoms with Crippen molar-refractivity contribution in [1.82, 2.24) is 20.9 Å². The molecule has 5 N–H and O–H groups in total. The molecule has 3 rings (SSSR count). The van der Waals surface area contributed by atoms with Crippen molar-refractivity contribution in [2.75, 3.05) is 58.0 Å². The molecule has 37 heavy (non-hydrogen) atoms. The average molecular weight is 537 g/mol. The van der Waals surface area contributed by atoms with Crippen molar-refractivity contribution in [3.8, 4) is 0 Å². The molecule has 14 heteroatoms. The summed E-state index contributed by atoms with van der Waals surface area (Å²) in [6.07, 6.45) is 0.336. The third-order valence-corrected chi connectivity index (χ3v) is 7.21. The van der Waals surface area contributed by atoms with Gasteiger partial charge in [-0.25, -0.2) is 4.79 Å². The summed E-state index contributed by atoms with van der Waals surface area (Å²) in [5.41, 5.74) is 9.18. The Morgan fingerprint density at radius 1 is 1.22 bits per heavy atom. The highest BCUT2D eigenvalue weighted by molar-refractivity contribution is 8.01. The molecule has 2 unspecified atom stereocenters. The smallest absolute Gasteiger partial charge is 0.315 e. The Hall–Kier alpha value is -3.03. The zero-order chi connectivity index (χ0) is 26.5. The first-order chi connectivity index (χ1) is 18.0. The van der Waals surface area contributed by atoms with Gasteiger partial charge in [-0.1, -0.05) is 19.1 Å². The topological polar surface area (TPSA) is 177 Å². The highest BCUT2D eigenvalue weighted by atomic mass is 32.2. The molecule has 1 aromatic carbocycles. The van der Waals surface area contributed by atoms with E-state index in [1.54, 1.807) is 0 Å². The van der Waals surface area contributed by atoms with Gasteiger partial charge < -0.3 is 35.5 Å². The molecule has 13 nitrogen and oxygen atoms in total. The molecule has 2 aliphatic rings. The summed E-state index contributed by atoms with van der Waals surface area (Å²) in [4.78, 5) is 39.4. The molecule has 0 saturated carbocycles. The van der Waals surface area contributed by atoms with Crippen LogP contribution >= 0.6 is 11.8 Å². The summed E-state index contributed by atoms with van der Waals surface area (Å²) >= 11 is 1.37. The number of carbonyl (C=O) groups excluding carboxylic acids is 3. The van der Waals surface area contributed by atoms with E-state index in [0.717, 1.165) is 16.8 Å². The standard InChI is InChI=1S/C23H33N7O6S/c1-15-12-26-23(33)29-22(15)37-19(14-36-9-8-35-7-6-34-5-4-27-30-24)21(32)25-13-16-2-3-18-17(10-16)11-20(31)28-18/h2-3,10,15,19,22,24H,4-9,11-14H2,1H3,(H3-,25,26,28,29,31,32,33)/p+1/t15?,19-,22?/m0/s1. The second-order valence-electron chi connectivity index (χ2n) is 8.58. The molecular weight excluding hydrogens is 502 g/mol. The quantitative estimate of drug-likeness (QED) is 0.118. The number of rotatable bonds is 16. The van der Waals surface area contributed by atoms with Gasteiger partial charge in [-0.3, -0.25) is 9.59 Å². The van der Waals surface area contributed by atoms with E-state index in [9.17, 15) is 14.4 Å². The van der Waals surface area contributed by atoms with Crippen LogP contribution in [0.2, 0.25) is 0 Å². The number of nitrogens with zero attached hydrogens (tertiary/aromatic N) is 2. The predicted molar refractivity (Wildman–Crippen MR) is 136 cm³/mol. The first-order valence-corrected chi connectivity index (χ1v) is 13.1. The van der Waals surface area contributed by atoms with Crippen molar-refractivity contribution in [2.45, 2.75) is 30.5 Å². The van der Waals surface area contributed by atoms with Crippen LogP contribution < -0.4 is 26.2 Å². The zero-order valence-corrected chi connectivity index (χ0v) is 21.6. The number of nitrogens with one attached hydrogen (secondary N) is 5.